The van der Waals surface area contributed by atoms with Crippen LogP contribution in [-0.2, 0) is 11.2 Å². The van der Waals surface area contributed by atoms with E-state index in [9.17, 15) is 10.1 Å². The number of nitrogens with zero attached hydrogens (tertiary/aromatic N) is 2. The van der Waals surface area contributed by atoms with Crippen molar-refractivity contribution >= 4 is 5.97 Å². The maximum atomic E-state index is 11.6. The van der Waals surface area contributed by atoms with Crippen molar-refractivity contribution in [3.63, 3.8) is 0 Å². The van der Waals surface area contributed by atoms with E-state index in [0.717, 1.165) is 5.56 Å². The number of esters is 1. The van der Waals surface area contributed by atoms with Gasteiger partial charge in [-0.15, -0.1) is 0 Å². The Kier molecular flexibility index (Phi) is 4.51. The summed E-state index contributed by atoms with van der Waals surface area (Å²) in [6, 6.07) is 11.9. The maximum absolute atomic E-state index is 11.6. The van der Waals surface area contributed by atoms with Gasteiger partial charge in [-0.25, -0.2) is 9.78 Å². The standard InChI is InChI=1S/C15H15N3O2/c1-2-20-15(19)13-10-17-14(18-13)12(9-16)8-11-6-4-3-5-7-11/h3-7,10,12H,2,8H2,1H3,(H,17,18). The van der Waals surface area contributed by atoms with Gasteiger partial charge in [0.15, 0.2) is 0 Å². The third-order valence-electron chi connectivity index (χ3n) is 2.86. The zero-order valence-corrected chi connectivity index (χ0v) is 11.2. The van der Waals surface area contributed by atoms with Crippen molar-refractivity contribution in [1.29, 1.82) is 5.26 Å². The summed E-state index contributed by atoms with van der Waals surface area (Å²) in [5, 5.41) is 9.27. The molecule has 1 unspecified atom stereocenters. The molecule has 0 fully saturated rings. The lowest BCUT2D eigenvalue weighted by Gasteiger charge is -2.06. The van der Waals surface area contributed by atoms with Crippen molar-refractivity contribution in [2.75, 3.05) is 6.61 Å². The summed E-state index contributed by atoms with van der Waals surface area (Å²) in [7, 11) is 0. The monoisotopic (exact) mass is 269 g/mol. The van der Waals surface area contributed by atoms with Crippen LogP contribution in [-0.4, -0.2) is 22.5 Å². The second kappa shape index (κ2) is 6.53. The molecule has 2 aromatic rings. The third-order valence-corrected chi connectivity index (χ3v) is 2.86. The molecule has 0 bridgehead atoms. The van der Waals surface area contributed by atoms with Gasteiger partial charge in [0.1, 0.15) is 17.4 Å². The van der Waals surface area contributed by atoms with Crippen LogP contribution in [0.1, 0.15) is 34.7 Å². The minimum Gasteiger partial charge on any atom is -0.461 e. The molecule has 0 radical (unpaired) electrons. The van der Waals surface area contributed by atoms with Gasteiger partial charge in [0, 0.05) is 0 Å². The molecule has 2 rings (SSSR count). The quantitative estimate of drug-likeness (QED) is 0.845. The Balaban J connectivity index is 2.13. The van der Waals surface area contributed by atoms with Gasteiger partial charge >= 0.3 is 5.97 Å². The Morgan fingerprint density at radius 2 is 2.20 bits per heavy atom. The van der Waals surface area contributed by atoms with E-state index in [1.807, 2.05) is 30.3 Å². The Morgan fingerprint density at radius 3 is 2.85 bits per heavy atom. The van der Waals surface area contributed by atoms with Gasteiger partial charge < -0.3 is 9.72 Å². The van der Waals surface area contributed by atoms with Gasteiger partial charge in [0.25, 0.3) is 0 Å². The molecular weight excluding hydrogens is 254 g/mol. The SMILES string of the molecule is CCOC(=O)c1cnc(C(C#N)Cc2ccccc2)[nH]1. The Bertz CT molecular complexity index is 614. The number of nitrogens with one attached hydrogen (secondary N) is 1. The molecule has 0 saturated carbocycles. The minimum atomic E-state index is -0.456. The topological polar surface area (TPSA) is 78.8 Å². The van der Waals surface area contributed by atoms with Crippen molar-refractivity contribution in [3.05, 3.63) is 53.6 Å². The molecule has 5 nitrogen and oxygen atoms in total. The molecule has 0 aliphatic heterocycles. The summed E-state index contributed by atoms with van der Waals surface area (Å²) in [6.07, 6.45) is 1.95. The predicted octanol–water partition coefficient (Wildman–Crippen LogP) is 2.44. The highest BCUT2D eigenvalue weighted by Gasteiger charge is 2.18. The number of aromatic amines is 1. The number of benzene rings is 1. The van der Waals surface area contributed by atoms with Gasteiger partial charge in [-0.3, -0.25) is 0 Å². The summed E-state index contributed by atoms with van der Waals surface area (Å²) >= 11 is 0. The van der Waals surface area contributed by atoms with E-state index < -0.39 is 11.9 Å². The van der Waals surface area contributed by atoms with Crippen LogP contribution in [0.5, 0.6) is 0 Å². The number of carbonyl (C=O) groups excluding carboxylic acids is 1. The van der Waals surface area contributed by atoms with Crippen LogP contribution in [0.2, 0.25) is 0 Å². The zero-order chi connectivity index (χ0) is 14.4. The molecular formula is C15H15N3O2. The maximum Gasteiger partial charge on any atom is 0.356 e. The van der Waals surface area contributed by atoms with Gasteiger partial charge in [-0.05, 0) is 18.9 Å². The lowest BCUT2D eigenvalue weighted by Crippen LogP contribution is -2.06. The molecule has 1 aromatic carbocycles. The first-order valence-corrected chi connectivity index (χ1v) is 6.40. The fourth-order valence-corrected chi connectivity index (χ4v) is 1.88. The molecule has 1 aromatic heterocycles. The second-order valence-corrected chi connectivity index (χ2v) is 4.27. The first-order valence-electron chi connectivity index (χ1n) is 6.40. The van der Waals surface area contributed by atoms with Crippen LogP contribution in [0.4, 0.5) is 0 Å². The molecule has 5 heteroatoms. The van der Waals surface area contributed by atoms with E-state index in [1.165, 1.54) is 6.20 Å². The van der Waals surface area contributed by atoms with Crippen molar-refractivity contribution in [1.82, 2.24) is 9.97 Å². The number of aromatic nitrogens is 2. The average Bonchev–Trinajstić information content (AvgIpc) is 2.96. The number of hydrogen-bond donors (Lipinski definition) is 1. The average molecular weight is 269 g/mol. The summed E-state index contributed by atoms with van der Waals surface area (Å²) in [6.45, 7) is 2.04. The zero-order valence-electron chi connectivity index (χ0n) is 11.2. The number of hydrogen-bond acceptors (Lipinski definition) is 4. The number of imidazole rings is 1. The molecule has 0 aliphatic rings. The molecule has 20 heavy (non-hydrogen) atoms. The third kappa shape index (κ3) is 3.23. The van der Waals surface area contributed by atoms with Crippen molar-refractivity contribution in [3.8, 4) is 6.07 Å². The van der Waals surface area contributed by atoms with Gasteiger partial charge in [0.05, 0.1) is 18.9 Å². The lowest BCUT2D eigenvalue weighted by molar-refractivity contribution is 0.0520. The summed E-state index contributed by atoms with van der Waals surface area (Å²) < 4.78 is 4.88. The second-order valence-electron chi connectivity index (χ2n) is 4.27. The molecule has 1 heterocycles. The highest BCUT2D eigenvalue weighted by Crippen LogP contribution is 2.17. The van der Waals surface area contributed by atoms with Crippen molar-refractivity contribution < 1.29 is 9.53 Å². The van der Waals surface area contributed by atoms with Crippen LogP contribution in [0.25, 0.3) is 0 Å². The van der Waals surface area contributed by atoms with Gasteiger partial charge in [-0.1, -0.05) is 30.3 Å². The predicted molar refractivity (Wildman–Crippen MR) is 73.0 cm³/mol. The lowest BCUT2D eigenvalue weighted by atomic mass is 10.0. The summed E-state index contributed by atoms with van der Waals surface area (Å²) in [5.41, 5.74) is 1.32. The van der Waals surface area contributed by atoms with Gasteiger partial charge in [0.2, 0.25) is 0 Å². The fourth-order valence-electron chi connectivity index (χ4n) is 1.88. The number of ether oxygens (including phenoxy) is 1. The molecule has 1 atom stereocenters. The van der Waals surface area contributed by atoms with E-state index in [-0.39, 0.29) is 5.69 Å². The number of carbonyl (C=O) groups is 1. The molecule has 102 valence electrons. The number of nitriles is 1. The van der Waals surface area contributed by atoms with E-state index in [1.54, 1.807) is 6.92 Å². The van der Waals surface area contributed by atoms with Crippen LogP contribution in [0.3, 0.4) is 0 Å². The molecule has 0 aliphatic carbocycles. The molecule has 0 spiro atoms. The Hall–Kier alpha value is -2.61. The normalized spacial score (nSPS) is 11.6. The van der Waals surface area contributed by atoms with Gasteiger partial charge in [-0.2, -0.15) is 5.26 Å². The molecule has 0 amide bonds. The number of H-pyrrole nitrogens is 1. The first-order chi connectivity index (χ1) is 9.74. The Morgan fingerprint density at radius 1 is 1.45 bits per heavy atom. The Labute approximate surface area is 117 Å². The first kappa shape index (κ1) is 13.8. The van der Waals surface area contributed by atoms with Crippen LogP contribution >= 0.6 is 0 Å². The van der Waals surface area contributed by atoms with Crippen LogP contribution in [0.15, 0.2) is 36.5 Å². The van der Waals surface area contributed by atoms with E-state index in [2.05, 4.69) is 16.0 Å². The van der Waals surface area contributed by atoms with Crippen molar-refractivity contribution in [2.45, 2.75) is 19.3 Å². The van der Waals surface area contributed by atoms with Crippen LogP contribution < -0.4 is 0 Å². The smallest absolute Gasteiger partial charge is 0.356 e. The molecule has 0 saturated heterocycles. The van der Waals surface area contributed by atoms with Crippen LogP contribution in [0, 0.1) is 11.3 Å². The van der Waals surface area contributed by atoms with E-state index >= 15 is 0 Å². The largest absolute Gasteiger partial charge is 0.461 e. The summed E-state index contributed by atoms with van der Waals surface area (Å²) in [5.74, 6) is -0.386. The van der Waals surface area contributed by atoms with Crippen molar-refractivity contribution in [2.24, 2.45) is 0 Å². The number of rotatable bonds is 5. The highest BCUT2D eigenvalue weighted by molar-refractivity contribution is 5.87. The minimum absolute atomic E-state index is 0.273. The van der Waals surface area contributed by atoms with E-state index in [4.69, 9.17) is 4.74 Å². The molecule has 1 N–H and O–H groups in total. The fraction of sp³-hybridized carbons (Fsp3) is 0.267. The summed E-state index contributed by atoms with van der Waals surface area (Å²) in [4.78, 5) is 18.5. The highest BCUT2D eigenvalue weighted by atomic mass is 16.5. The van der Waals surface area contributed by atoms with E-state index in [0.29, 0.717) is 18.9 Å².